The highest BCUT2D eigenvalue weighted by Crippen LogP contribution is 2.32. The van der Waals surface area contributed by atoms with E-state index < -0.39 is 29.8 Å². The molecular formula is C40H44N4O4. The van der Waals surface area contributed by atoms with Gasteiger partial charge in [-0.3, -0.25) is 14.4 Å². The predicted octanol–water partition coefficient (Wildman–Crippen LogP) is 6.75. The number of carbonyl (C=O) groups is 3. The number of nitrogens with zero attached hydrogens (tertiary/aromatic N) is 2. The zero-order valence-electron chi connectivity index (χ0n) is 28.1. The lowest BCUT2D eigenvalue weighted by molar-refractivity contribution is -0.136. The van der Waals surface area contributed by atoms with Gasteiger partial charge >= 0.3 is 0 Å². The summed E-state index contributed by atoms with van der Waals surface area (Å²) in [6.45, 7) is 6.22. The largest absolute Gasteiger partial charge is 0.497 e. The molecule has 5 rings (SSSR count). The molecule has 0 spiro atoms. The maximum Gasteiger partial charge on any atom is 0.272 e. The lowest BCUT2D eigenvalue weighted by atomic mass is 9.81. The van der Waals surface area contributed by atoms with Crippen molar-refractivity contribution < 1.29 is 19.1 Å². The number of nitrogens with two attached hydrogens (primary N) is 1. The van der Waals surface area contributed by atoms with Gasteiger partial charge in [0.2, 0.25) is 18.0 Å². The fourth-order valence-electron chi connectivity index (χ4n) is 6.38. The minimum atomic E-state index is -1.23. The lowest BCUT2D eigenvalue weighted by Gasteiger charge is -2.29. The van der Waals surface area contributed by atoms with Crippen molar-refractivity contribution in [1.29, 1.82) is 0 Å². The molecule has 4 aromatic carbocycles. The highest BCUT2D eigenvalue weighted by Gasteiger charge is 2.37. The Morgan fingerprint density at radius 1 is 0.875 bits per heavy atom. The molecule has 0 fully saturated rings. The highest BCUT2D eigenvalue weighted by molar-refractivity contribution is 6.20. The van der Waals surface area contributed by atoms with Crippen molar-refractivity contribution >= 4 is 29.1 Å². The summed E-state index contributed by atoms with van der Waals surface area (Å²) in [5, 5.41) is 2.97. The van der Waals surface area contributed by atoms with Gasteiger partial charge in [-0.15, -0.1) is 0 Å². The Kier molecular flexibility index (Phi) is 11.1. The van der Waals surface area contributed by atoms with E-state index in [1.807, 2.05) is 118 Å². The Morgan fingerprint density at radius 3 is 2.23 bits per heavy atom. The molecule has 3 atom stereocenters. The lowest BCUT2D eigenvalue weighted by Crippen LogP contribution is -2.50. The summed E-state index contributed by atoms with van der Waals surface area (Å²) >= 11 is 0. The molecule has 8 nitrogen and oxygen atoms in total. The standard InChI is InChI=1S/C40H44N4O4/c1-5-12-32(37(41)45)34(23-26(2)3)39(46)43-38-40(47)44(25-27-13-11-16-30(24-27)28-19-21-31(48-4)22-20-28)35-18-10-9-17-33(35)36(42-38)29-14-7-6-8-15-29/h6-11,13-22,24,26,32,34,38H,5,12,23,25H2,1-4H3,(H2,41,45)(H,43,46). The van der Waals surface area contributed by atoms with Crippen LogP contribution < -0.4 is 20.7 Å². The molecule has 8 heteroatoms. The van der Waals surface area contributed by atoms with E-state index in [1.165, 1.54) is 0 Å². The van der Waals surface area contributed by atoms with Gasteiger partial charge in [-0.05, 0) is 59.7 Å². The summed E-state index contributed by atoms with van der Waals surface area (Å²) in [4.78, 5) is 47.9. The Morgan fingerprint density at radius 2 is 1.56 bits per heavy atom. The number of carbonyl (C=O) groups excluding carboxylic acids is 3. The van der Waals surface area contributed by atoms with Crippen LogP contribution in [0.4, 0.5) is 5.69 Å². The summed E-state index contributed by atoms with van der Waals surface area (Å²) < 4.78 is 5.33. The molecule has 248 valence electrons. The monoisotopic (exact) mass is 644 g/mol. The Labute approximate surface area is 283 Å². The van der Waals surface area contributed by atoms with Gasteiger partial charge in [-0.2, -0.15) is 0 Å². The van der Waals surface area contributed by atoms with Crippen molar-refractivity contribution in [2.75, 3.05) is 12.0 Å². The summed E-state index contributed by atoms with van der Waals surface area (Å²) in [5.74, 6) is -1.71. The van der Waals surface area contributed by atoms with Crippen LogP contribution in [-0.2, 0) is 20.9 Å². The predicted molar refractivity (Wildman–Crippen MR) is 191 cm³/mol. The van der Waals surface area contributed by atoms with E-state index in [9.17, 15) is 14.4 Å². The molecule has 3 amide bonds. The molecule has 0 aliphatic carbocycles. The molecule has 0 saturated heterocycles. The first-order valence-corrected chi connectivity index (χ1v) is 16.6. The summed E-state index contributed by atoms with van der Waals surface area (Å²) in [5.41, 5.74) is 11.6. The Balaban J connectivity index is 1.56. The Hall–Kier alpha value is -5.24. The molecule has 0 saturated carbocycles. The summed E-state index contributed by atoms with van der Waals surface area (Å²) in [6.07, 6.45) is 0.416. The number of fused-ring (bicyclic) bond motifs is 1. The molecule has 48 heavy (non-hydrogen) atoms. The second-order valence-corrected chi connectivity index (χ2v) is 12.7. The molecule has 3 N–H and O–H groups in total. The smallest absolute Gasteiger partial charge is 0.272 e. The quantitative estimate of drug-likeness (QED) is 0.168. The van der Waals surface area contributed by atoms with Crippen LogP contribution in [0.15, 0.2) is 108 Å². The van der Waals surface area contributed by atoms with E-state index in [4.69, 9.17) is 15.5 Å². The number of ether oxygens (including phenoxy) is 1. The number of hydrogen-bond donors (Lipinski definition) is 2. The molecule has 3 unspecified atom stereocenters. The van der Waals surface area contributed by atoms with Gasteiger partial charge in [0.05, 0.1) is 25.1 Å². The van der Waals surface area contributed by atoms with Crippen molar-refractivity contribution in [2.24, 2.45) is 28.5 Å². The van der Waals surface area contributed by atoms with Gasteiger partial charge in [0, 0.05) is 23.0 Å². The van der Waals surface area contributed by atoms with E-state index in [2.05, 4.69) is 11.4 Å². The number of nitrogens with one attached hydrogen (secondary N) is 1. The minimum Gasteiger partial charge on any atom is -0.497 e. The molecular weight excluding hydrogens is 600 g/mol. The number of primary amides is 1. The van der Waals surface area contributed by atoms with Crippen LogP contribution >= 0.6 is 0 Å². The average molecular weight is 645 g/mol. The highest BCUT2D eigenvalue weighted by atomic mass is 16.5. The molecule has 1 aliphatic rings. The van der Waals surface area contributed by atoms with Crippen molar-refractivity contribution in [3.63, 3.8) is 0 Å². The van der Waals surface area contributed by atoms with Gasteiger partial charge in [-0.25, -0.2) is 4.99 Å². The molecule has 1 heterocycles. The number of rotatable bonds is 13. The molecule has 0 radical (unpaired) electrons. The van der Waals surface area contributed by atoms with Crippen molar-refractivity contribution in [2.45, 2.75) is 52.7 Å². The minimum absolute atomic E-state index is 0.131. The second-order valence-electron chi connectivity index (χ2n) is 12.7. The van der Waals surface area contributed by atoms with Crippen LogP contribution in [0.1, 0.15) is 56.7 Å². The van der Waals surface area contributed by atoms with Gasteiger partial charge in [-0.1, -0.05) is 106 Å². The maximum atomic E-state index is 14.6. The van der Waals surface area contributed by atoms with E-state index in [-0.39, 0.29) is 18.4 Å². The average Bonchev–Trinajstić information content (AvgIpc) is 3.21. The fourth-order valence-corrected chi connectivity index (χ4v) is 6.38. The number of benzodiazepines with no additional fused rings is 1. The first kappa shape index (κ1) is 34.1. The van der Waals surface area contributed by atoms with Crippen molar-refractivity contribution in [3.8, 4) is 16.9 Å². The van der Waals surface area contributed by atoms with Crippen molar-refractivity contribution in [1.82, 2.24) is 5.32 Å². The van der Waals surface area contributed by atoms with Gasteiger partial charge in [0.15, 0.2) is 0 Å². The van der Waals surface area contributed by atoms with Gasteiger partial charge in [0.1, 0.15) is 5.75 Å². The normalized spacial score (nSPS) is 15.6. The van der Waals surface area contributed by atoms with Crippen LogP contribution in [0.2, 0.25) is 0 Å². The molecule has 0 aromatic heterocycles. The van der Waals surface area contributed by atoms with E-state index in [0.717, 1.165) is 33.6 Å². The topological polar surface area (TPSA) is 114 Å². The van der Waals surface area contributed by atoms with Crippen LogP contribution in [-0.4, -0.2) is 36.7 Å². The zero-order chi connectivity index (χ0) is 34.2. The van der Waals surface area contributed by atoms with E-state index >= 15 is 0 Å². The van der Waals surface area contributed by atoms with Crippen molar-refractivity contribution in [3.05, 3.63) is 120 Å². The summed E-state index contributed by atoms with van der Waals surface area (Å²) in [7, 11) is 1.64. The molecule has 1 aliphatic heterocycles. The number of benzene rings is 4. The number of methoxy groups -OCH3 is 1. The van der Waals surface area contributed by atoms with E-state index in [0.29, 0.717) is 30.7 Å². The fraction of sp³-hybridized carbons (Fsp3) is 0.300. The molecule has 0 bridgehead atoms. The third-order valence-corrected chi connectivity index (χ3v) is 8.74. The second kappa shape index (κ2) is 15.6. The SMILES string of the molecule is CCCC(C(N)=O)C(CC(C)C)C(=O)NC1N=C(c2ccccc2)c2ccccc2N(Cc2cccc(-c3ccc(OC)cc3)c2)C1=O. The third-order valence-electron chi connectivity index (χ3n) is 8.74. The van der Waals surface area contributed by atoms with Crippen LogP contribution in [0.5, 0.6) is 5.75 Å². The molecule has 4 aromatic rings. The van der Waals surface area contributed by atoms with Crippen LogP contribution in [0, 0.1) is 17.8 Å². The number of hydrogen-bond acceptors (Lipinski definition) is 5. The van der Waals surface area contributed by atoms with Crippen LogP contribution in [0.3, 0.4) is 0 Å². The Bertz CT molecular complexity index is 1770. The first-order valence-electron chi connectivity index (χ1n) is 16.6. The first-order chi connectivity index (χ1) is 23.2. The van der Waals surface area contributed by atoms with Gasteiger partial charge < -0.3 is 20.7 Å². The number of para-hydroxylation sites is 1. The maximum absolute atomic E-state index is 14.6. The number of anilines is 1. The van der Waals surface area contributed by atoms with Gasteiger partial charge in [0.25, 0.3) is 5.91 Å². The third kappa shape index (κ3) is 7.82. The zero-order valence-corrected chi connectivity index (χ0v) is 28.1. The van der Waals surface area contributed by atoms with E-state index in [1.54, 1.807) is 12.0 Å². The van der Waals surface area contributed by atoms with Crippen LogP contribution in [0.25, 0.3) is 11.1 Å². The number of aliphatic imine (C=N–C) groups is 1. The summed E-state index contributed by atoms with van der Waals surface area (Å²) in [6, 6.07) is 33.2. The number of amides is 3.